The highest BCUT2D eigenvalue weighted by Gasteiger charge is 2.24. The van der Waals surface area contributed by atoms with Crippen molar-refractivity contribution in [2.24, 2.45) is 5.92 Å². The fourth-order valence-corrected chi connectivity index (χ4v) is 5.51. The summed E-state index contributed by atoms with van der Waals surface area (Å²) in [6.45, 7) is 6.99. The molecule has 0 aliphatic carbocycles. The normalized spacial score (nSPS) is 18.7. The Morgan fingerprint density at radius 1 is 1.27 bits per heavy atom. The Morgan fingerprint density at radius 3 is 2.50 bits per heavy atom. The van der Waals surface area contributed by atoms with Crippen LogP contribution in [0.1, 0.15) is 39.5 Å². The van der Waals surface area contributed by atoms with E-state index in [1.807, 2.05) is 0 Å². The summed E-state index contributed by atoms with van der Waals surface area (Å²) in [6, 6.07) is 3.45. The first kappa shape index (κ1) is 18.2. The zero-order valence-corrected chi connectivity index (χ0v) is 15.6. The standard InChI is InChI=1S/C15H25ClN2O2S2/c1-12(2)10-13(18-8-4-3-5-9-18)11-17-22(19,20)15-7-6-14(16)21-15/h6-7,12-13,17H,3-5,8-11H2,1-2H3. The first-order valence-corrected chi connectivity index (χ1v) is 10.6. The third kappa shape index (κ3) is 5.20. The Kier molecular flexibility index (Phi) is 6.71. The molecule has 0 spiro atoms. The van der Waals surface area contributed by atoms with Gasteiger partial charge < -0.3 is 0 Å². The zero-order valence-electron chi connectivity index (χ0n) is 13.2. The van der Waals surface area contributed by atoms with Crippen LogP contribution in [-0.2, 0) is 10.0 Å². The van der Waals surface area contributed by atoms with Crippen molar-refractivity contribution in [3.63, 3.8) is 0 Å². The third-order valence-electron chi connectivity index (χ3n) is 3.97. The summed E-state index contributed by atoms with van der Waals surface area (Å²) in [5.41, 5.74) is 0. The lowest BCUT2D eigenvalue weighted by atomic mass is 10.00. The van der Waals surface area contributed by atoms with Gasteiger partial charge >= 0.3 is 0 Å². The summed E-state index contributed by atoms with van der Waals surface area (Å²) < 4.78 is 28.2. The molecular formula is C15H25ClN2O2S2. The van der Waals surface area contributed by atoms with Crippen LogP contribution in [0.15, 0.2) is 16.3 Å². The predicted molar refractivity (Wildman–Crippen MR) is 93.2 cm³/mol. The number of halogens is 1. The molecule has 1 fully saturated rings. The minimum Gasteiger partial charge on any atom is -0.299 e. The number of hydrogen-bond acceptors (Lipinski definition) is 4. The molecule has 1 unspecified atom stereocenters. The number of likely N-dealkylation sites (tertiary alicyclic amines) is 1. The maximum atomic E-state index is 12.3. The van der Waals surface area contributed by atoms with Crippen LogP contribution in [0.25, 0.3) is 0 Å². The SMILES string of the molecule is CC(C)CC(CNS(=O)(=O)c1ccc(Cl)s1)N1CCCCC1. The van der Waals surface area contributed by atoms with Crippen LogP contribution in [-0.4, -0.2) is 39.0 Å². The molecule has 2 heterocycles. The molecular weight excluding hydrogens is 340 g/mol. The van der Waals surface area contributed by atoms with Crippen LogP contribution in [0.3, 0.4) is 0 Å². The van der Waals surface area contributed by atoms with Gasteiger partial charge in [0.15, 0.2) is 0 Å². The summed E-state index contributed by atoms with van der Waals surface area (Å²) in [4.78, 5) is 2.44. The van der Waals surface area contributed by atoms with Gasteiger partial charge in [0, 0.05) is 12.6 Å². The first-order chi connectivity index (χ1) is 10.4. The van der Waals surface area contributed by atoms with Gasteiger partial charge in [-0.25, -0.2) is 13.1 Å². The van der Waals surface area contributed by atoms with Crippen LogP contribution in [0.4, 0.5) is 0 Å². The highest BCUT2D eigenvalue weighted by Crippen LogP contribution is 2.25. The van der Waals surface area contributed by atoms with E-state index in [-0.39, 0.29) is 6.04 Å². The predicted octanol–water partition coefficient (Wildman–Crippen LogP) is 3.58. The monoisotopic (exact) mass is 364 g/mol. The number of piperidine rings is 1. The number of thiophene rings is 1. The van der Waals surface area contributed by atoms with E-state index in [0.717, 1.165) is 30.8 Å². The van der Waals surface area contributed by atoms with E-state index >= 15 is 0 Å². The summed E-state index contributed by atoms with van der Waals surface area (Å²) in [5, 5.41) is 0. The van der Waals surface area contributed by atoms with Crippen LogP contribution in [0.2, 0.25) is 4.34 Å². The Morgan fingerprint density at radius 2 is 1.95 bits per heavy atom. The van der Waals surface area contributed by atoms with Crippen LogP contribution >= 0.6 is 22.9 Å². The summed E-state index contributed by atoms with van der Waals surface area (Å²) in [6.07, 6.45) is 4.71. The molecule has 0 radical (unpaired) electrons. The summed E-state index contributed by atoms with van der Waals surface area (Å²) in [5.74, 6) is 0.549. The molecule has 0 saturated carbocycles. The first-order valence-electron chi connectivity index (χ1n) is 7.87. The molecule has 7 heteroatoms. The lowest BCUT2D eigenvalue weighted by molar-refractivity contribution is 0.146. The smallest absolute Gasteiger partial charge is 0.250 e. The minimum absolute atomic E-state index is 0.269. The van der Waals surface area contributed by atoms with Crippen molar-refractivity contribution in [2.45, 2.75) is 49.8 Å². The number of sulfonamides is 1. The van der Waals surface area contributed by atoms with Crippen molar-refractivity contribution in [1.29, 1.82) is 0 Å². The second-order valence-corrected chi connectivity index (χ2v) is 10.00. The second-order valence-electron chi connectivity index (χ2n) is 6.29. The lowest BCUT2D eigenvalue weighted by Gasteiger charge is -2.35. The number of nitrogens with zero attached hydrogens (tertiary/aromatic N) is 1. The van der Waals surface area contributed by atoms with Crippen molar-refractivity contribution in [2.75, 3.05) is 19.6 Å². The van der Waals surface area contributed by atoms with Crippen molar-refractivity contribution in [3.05, 3.63) is 16.5 Å². The van der Waals surface area contributed by atoms with Crippen LogP contribution in [0.5, 0.6) is 0 Å². The van der Waals surface area contributed by atoms with Gasteiger partial charge in [0.25, 0.3) is 0 Å². The molecule has 0 amide bonds. The quantitative estimate of drug-likeness (QED) is 0.804. The van der Waals surface area contributed by atoms with Gasteiger partial charge in [0.05, 0.1) is 4.34 Å². The number of hydrogen-bond donors (Lipinski definition) is 1. The Balaban J connectivity index is 2.00. The second kappa shape index (κ2) is 8.11. The average Bonchev–Trinajstić information content (AvgIpc) is 2.91. The van der Waals surface area contributed by atoms with E-state index in [9.17, 15) is 8.42 Å². The van der Waals surface area contributed by atoms with E-state index in [4.69, 9.17) is 11.6 Å². The maximum absolute atomic E-state index is 12.3. The highest BCUT2D eigenvalue weighted by molar-refractivity contribution is 7.91. The maximum Gasteiger partial charge on any atom is 0.250 e. The largest absolute Gasteiger partial charge is 0.299 e. The molecule has 0 bridgehead atoms. The van der Waals surface area contributed by atoms with Gasteiger partial charge in [-0.2, -0.15) is 0 Å². The summed E-state index contributed by atoms with van der Waals surface area (Å²) in [7, 11) is -3.45. The van der Waals surface area contributed by atoms with Gasteiger partial charge in [0.1, 0.15) is 4.21 Å². The molecule has 126 valence electrons. The fraction of sp³-hybridized carbons (Fsp3) is 0.733. The third-order valence-corrected chi connectivity index (χ3v) is 7.12. The van der Waals surface area contributed by atoms with E-state index in [0.29, 0.717) is 21.0 Å². The van der Waals surface area contributed by atoms with E-state index in [1.54, 1.807) is 12.1 Å². The van der Waals surface area contributed by atoms with E-state index in [1.165, 1.54) is 19.3 Å². The van der Waals surface area contributed by atoms with Gasteiger partial charge in [0.2, 0.25) is 10.0 Å². The van der Waals surface area contributed by atoms with Crippen molar-refractivity contribution >= 4 is 33.0 Å². The van der Waals surface area contributed by atoms with Crippen molar-refractivity contribution < 1.29 is 8.42 Å². The molecule has 22 heavy (non-hydrogen) atoms. The van der Waals surface area contributed by atoms with E-state index in [2.05, 4.69) is 23.5 Å². The molecule has 1 N–H and O–H groups in total. The molecule has 0 aromatic carbocycles. The fourth-order valence-electron chi connectivity index (χ4n) is 2.91. The number of rotatable bonds is 7. The lowest BCUT2D eigenvalue weighted by Crippen LogP contribution is -2.46. The number of nitrogens with one attached hydrogen (secondary N) is 1. The Labute approximate surface area is 142 Å². The molecule has 1 aliphatic rings. The zero-order chi connectivity index (χ0) is 16.2. The minimum atomic E-state index is -3.45. The van der Waals surface area contributed by atoms with Gasteiger partial charge in [-0.15, -0.1) is 11.3 Å². The average molecular weight is 365 g/mol. The molecule has 1 aromatic rings. The molecule has 2 rings (SSSR count). The molecule has 4 nitrogen and oxygen atoms in total. The van der Waals surface area contributed by atoms with E-state index < -0.39 is 10.0 Å². The van der Waals surface area contributed by atoms with Gasteiger partial charge in [-0.05, 0) is 50.4 Å². The van der Waals surface area contributed by atoms with Crippen LogP contribution < -0.4 is 4.72 Å². The van der Waals surface area contributed by atoms with Crippen LogP contribution in [0, 0.1) is 5.92 Å². The van der Waals surface area contributed by atoms with Crippen molar-refractivity contribution in [1.82, 2.24) is 9.62 Å². The Bertz CT molecular complexity index is 566. The molecule has 1 atom stereocenters. The van der Waals surface area contributed by atoms with Gasteiger partial charge in [-0.3, -0.25) is 4.90 Å². The van der Waals surface area contributed by atoms with Gasteiger partial charge in [-0.1, -0.05) is 31.9 Å². The Hall–Kier alpha value is -0.140. The summed E-state index contributed by atoms with van der Waals surface area (Å²) >= 11 is 6.94. The molecule has 1 saturated heterocycles. The molecule has 1 aromatic heterocycles. The molecule has 1 aliphatic heterocycles. The highest BCUT2D eigenvalue weighted by atomic mass is 35.5. The topological polar surface area (TPSA) is 49.4 Å². The van der Waals surface area contributed by atoms with Crippen molar-refractivity contribution in [3.8, 4) is 0 Å².